The fourth-order valence-corrected chi connectivity index (χ4v) is 3.21. The summed E-state index contributed by atoms with van der Waals surface area (Å²) >= 11 is 5.90. The summed E-state index contributed by atoms with van der Waals surface area (Å²) < 4.78 is 11.3. The highest BCUT2D eigenvalue weighted by molar-refractivity contribution is 6.30. The highest BCUT2D eigenvalue weighted by Crippen LogP contribution is 2.29. The molecule has 4 aromatic rings. The number of carbonyl (C=O) groups is 1. The number of benzene rings is 3. The number of nitrogens with zero attached hydrogens (tertiary/aromatic N) is 4. The Hall–Kier alpha value is -3.91. The lowest BCUT2D eigenvalue weighted by Gasteiger charge is -2.13. The van der Waals surface area contributed by atoms with Crippen molar-refractivity contribution in [3.63, 3.8) is 0 Å². The first-order valence-corrected chi connectivity index (χ1v) is 10.6. The minimum absolute atomic E-state index is 0.0456. The van der Waals surface area contributed by atoms with Crippen LogP contribution in [0, 0.1) is 0 Å². The van der Waals surface area contributed by atoms with Gasteiger partial charge in [-0.15, -0.1) is 10.2 Å². The van der Waals surface area contributed by atoms with Gasteiger partial charge in [-0.2, -0.15) is 4.80 Å². The molecular formula is C24H22ClN5O3. The van der Waals surface area contributed by atoms with Crippen LogP contribution in [0.15, 0.2) is 72.8 Å². The fraction of sp³-hybridized carbons (Fsp3) is 0.167. The smallest absolute Gasteiger partial charge is 0.243 e. The Balaban J connectivity index is 1.31. The monoisotopic (exact) mass is 463 g/mol. The van der Waals surface area contributed by atoms with Crippen LogP contribution in [0.2, 0.25) is 5.02 Å². The molecule has 9 heteroatoms. The van der Waals surface area contributed by atoms with Crippen LogP contribution in [0.5, 0.6) is 11.5 Å². The molecule has 168 valence electrons. The minimum Gasteiger partial charge on any atom is -0.493 e. The van der Waals surface area contributed by atoms with E-state index in [0.717, 1.165) is 16.7 Å². The Kier molecular flexibility index (Phi) is 7.16. The quantitative estimate of drug-likeness (QED) is 0.405. The number of halogens is 1. The third-order valence-electron chi connectivity index (χ3n) is 4.80. The van der Waals surface area contributed by atoms with Gasteiger partial charge >= 0.3 is 0 Å². The van der Waals surface area contributed by atoms with E-state index in [1.165, 1.54) is 4.80 Å². The normalized spacial score (nSPS) is 10.6. The van der Waals surface area contributed by atoms with Crippen LogP contribution in [0.1, 0.15) is 11.1 Å². The first-order valence-electron chi connectivity index (χ1n) is 10.2. The van der Waals surface area contributed by atoms with Gasteiger partial charge in [0.1, 0.15) is 13.2 Å². The molecule has 4 rings (SSSR count). The molecule has 0 aliphatic heterocycles. The second kappa shape index (κ2) is 10.6. The zero-order valence-corrected chi connectivity index (χ0v) is 18.7. The highest BCUT2D eigenvalue weighted by atomic mass is 35.5. The molecule has 1 heterocycles. The van der Waals surface area contributed by atoms with Crippen LogP contribution < -0.4 is 14.8 Å². The fourth-order valence-electron chi connectivity index (χ4n) is 3.09. The topological polar surface area (TPSA) is 91.2 Å². The second-order valence-electron chi connectivity index (χ2n) is 7.19. The van der Waals surface area contributed by atoms with Crippen molar-refractivity contribution in [3.8, 4) is 22.9 Å². The lowest BCUT2D eigenvalue weighted by atomic mass is 10.2. The van der Waals surface area contributed by atoms with Crippen molar-refractivity contribution >= 4 is 17.5 Å². The molecule has 0 radical (unpaired) electrons. The van der Waals surface area contributed by atoms with Gasteiger partial charge in [-0.05, 0) is 52.7 Å². The maximum Gasteiger partial charge on any atom is 0.243 e. The lowest BCUT2D eigenvalue weighted by Crippen LogP contribution is -2.28. The number of ether oxygens (including phenoxy) is 2. The number of hydrogen-bond acceptors (Lipinski definition) is 6. The maximum absolute atomic E-state index is 12.3. The zero-order valence-electron chi connectivity index (χ0n) is 17.9. The van der Waals surface area contributed by atoms with Crippen LogP contribution >= 0.6 is 11.6 Å². The molecule has 0 saturated heterocycles. The Labute approximate surface area is 196 Å². The van der Waals surface area contributed by atoms with E-state index in [1.54, 1.807) is 31.4 Å². The van der Waals surface area contributed by atoms with E-state index >= 15 is 0 Å². The molecule has 0 atom stereocenters. The van der Waals surface area contributed by atoms with Crippen LogP contribution in [0.4, 0.5) is 0 Å². The number of tetrazole rings is 1. The molecule has 1 N–H and O–H groups in total. The summed E-state index contributed by atoms with van der Waals surface area (Å²) in [7, 11) is 1.59. The van der Waals surface area contributed by atoms with Gasteiger partial charge < -0.3 is 14.8 Å². The Bertz CT molecular complexity index is 1210. The molecule has 1 amide bonds. The Morgan fingerprint density at radius 3 is 2.55 bits per heavy atom. The summed E-state index contributed by atoms with van der Waals surface area (Å²) in [6.45, 7) is 0.721. The number of rotatable bonds is 9. The molecule has 0 unspecified atom stereocenters. The predicted molar refractivity (Wildman–Crippen MR) is 124 cm³/mol. The summed E-state index contributed by atoms with van der Waals surface area (Å²) in [6, 6.07) is 22.5. The summed E-state index contributed by atoms with van der Waals surface area (Å²) in [5, 5.41) is 15.6. The number of carbonyl (C=O) groups excluding carboxylic acids is 1. The van der Waals surface area contributed by atoms with E-state index in [0.29, 0.717) is 35.5 Å². The van der Waals surface area contributed by atoms with Gasteiger partial charge in [0.25, 0.3) is 0 Å². The van der Waals surface area contributed by atoms with E-state index in [4.69, 9.17) is 21.1 Å². The molecular weight excluding hydrogens is 442 g/mol. The van der Waals surface area contributed by atoms with E-state index in [9.17, 15) is 4.79 Å². The maximum atomic E-state index is 12.3. The third kappa shape index (κ3) is 6.08. The number of amides is 1. The van der Waals surface area contributed by atoms with Crippen molar-refractivity contribution < 1.29 is 14.3 Å². The largest absolute Gasteiger partial charge is 0.493 e. The molecule has 0 fully saturated rings. The van der Waals surface area contributed by atoms with Gasteiger partial charge in [-0.25, -0.2) is 0 Å². The summed E-state index contributed by atoms with van der Waals surface area (Å²) in [4.78, 5) is 13.6. The van der Waals surface area contributed by atoms with E-state index in [2.05, 4.69) is 20.7 Å². The summed E-state index contributed by atoms with van der Waals surface area (Å²) in [5.74, 6) is 1.43. The average Bonchev–Trinajstić information content (AvgIpc) is 3.31. The summed E-state index contributed by atoms with van der Waals surface area (Å²) in [5.41, 5.74) is 2.71. The van der Waals surface area contributed by atoms with Gasteiger partial charge in [-0.3, -0.25) is 4.79 Å². The van der Waals surface area contributed by atoms with E-state index < -0.39 is 0 Å². The molecule has 0 saturated carbocycles. The van der Waals surface area contributed by atoms with Crippen molar-refractivity contribution in [1.29, 1.82) is 0 Å². The van der Waals surface area contributed by atoms with E-state index in [-0.39, 0.29) is 12.5 Å². The predicted octanol–water partition coefficient (Wildman–Crippen LogP) is 3.90. The van der Waals surface area contributed by atoms with Crippen LogP contribution in [0.25, 0.3) is 11.4 Å². The van der Waals surface area contributed by atoms with Crippen LogP contribution in [-0.2, 0) is 24.5 Å². The van der Waals surface area contributed by atoms with Gasteiger partial charge in [0, 0.05) is 17.1 Å². The molecule has 3 aromatic carbocycles. The number of aromatic nitrogens is 4. The van der Waals surface area contributed by atoms with Gasteiger partial charge in [0.15, 0.2) is 11.5 Å². The molecule has 0 spiro atoms. The van der Waals surface area contributed by atoms with Gasteiger partial charge in [0.05, 0.1) is 7.11 Å². The molecule has 33 heavy (non-hydrogen) atoms. The first kappa shape index (κ1) is 22.3. The number of methoxy groups -OCH3 is 1. The Morgan fingerprint density at radius 1 is 1.00 bits per heavy atom. The standard InChI is InChI=1S/C24H22ClN5O3/c1-32-22-13-18(7-12-21(22)33-16-17-5-3-2-4-6-17)14-26-23(31)15-30-28-24(27-29-30)19-8-10-20(25)11-9-19/h2-13H,14-16H2,1H3,(H,26,31). The average molecular weight is 464 g/mol. The van der Waals surface area contributed by atoms with Crippen molar-refractivity contribution in [2.45, 2.75) is 19.7 Å². The summed E-state index contributed by atoms with van der Waals surface area (Å²) in [6.07, 6.45) is 0. The second-order valence-corrected chi connectivity index (χ2v) is 7.62. The SMILES string of the molecule is COc1cc(CNC(=O)Cn2nnc(-c3ccc(Cl)cc3)n2)ccc1OCc1ccccc1. The van der Waals surface area contributed by atoms with Crippen molar-refractivity contribution in [2.75, 3.05) is 7.11 Å². The van der Waals surface area contributed by atoms with Crippen molar-refractivity contribution in [1.82, 2.24) is 25.5 Å². The minimum atomic E-state index is -0.238. The first-order chi connectivity index (χ1) is 16.1. The van der Waals surface area contributed by atoms with Crippen molar-refractivity contribution in [3.05, 3.63) is 88.9 Å². The number of hydrogen-bond donors (Lipinski definition) is 1. The Morgan fingerprint density at radius 2 is 1.79 bits per heavy atom. The van der Waals surface area contributed by atoms with Gasteiger partial charge in [0.2, 0.25) is 11.7 Å². The third-order valence-corrected chi connectivity index (χ3v) is 5.05. The van der Waals surface area contributed by atoms with E-state index in [1.807, 2.05) is 48.5 Å². The lowest BCUT2D eigenvalue weighted by molar-refractivity contribution is -0.122. The molecule has 0 aliphatic rings. The molecule has 8 nitrogen and oxygen atoms in total. The highest BCUT2D eigenvalue weighted by Gasteiger charge is 2.11. The van der Waals surface area contributed by atoms with Crippen LogP contribution in [-0.4, -0.2) is 33.2 Å². The molecule has 1 aromatic heterocycles. The van der Waals surface area contributed by atoms with Crippen molar-refractivity contribution in [2.24, 2.45) is 0 Å². The number of nitrogens with one attached hydrogen (secondary N) is 1. The molecule has 0 aliphatic carbocycles. The van der Waals surface area contributed by atoms with Gasteiger partial charge in [-0.1, -0.05) is 48.0 Å². The zero-order chi connectivity index (χ0) is 23.0. The molecule has 0 bridgehead atoms. The van der Waals surface area contributed by atoms with Crippen LogP contribution in [0.3, 0.4) is 0 Å².